The van der Waals surface area contributed by atoms with Crippen molar-refractivity contribution in [2.45, 2.75) is 19.4 Å². The average Bonchev–Trinajstić information content (AvgIpc) is 2.37. The van der Waals surface area contributed by atoms with Crippen molar-refractivity contribution < 1.29 is 13.9 Å². The molecule has 4 heteroatoms. The number of benzene rings is 2. The van der Waals surface area contributed by atoms with Gasteiger partial charge in [0.25, 0.3) is 0 Å². The van der Waals surface area contributed by atoms with Gasteiger partial charge >= 0.3 is 0 Å². The van der Waals surface area contributed by atoms with Gasteiger partial charge in [-0.1, -0.05) is 23.7 Å². The van der Waals surface area contributed by atoms with Crippen LogP contribution in [0.2, 0.25) is 5.02 Å². The zero-order valence-electron chi connectivity index (χ0n) is 10.3. The number of aryl methyl sites for hydroxylation is 1. The molecule has 19 heavy (non-hydrogen) atoms. The Bertz CT molecular complexity index is 599. The summed E-state index contributed by atoms with van der Waals surface area (Å²) in [7, 11) is 0. The molecule has 0 aliphatic carbocycles. The van der Waals surface area contributed by atoms with Gasteiger partial charge in [0.15, 0.2) is 0 Å². The largest absolute Gasteiger partial charge is 0.388 e. The summed E-state index contributed by atoms with van der Waals surface area (Å²) in [6, 6.07) is 8.50. The third kappa shape index (κ3) is 3.31. The Morgan fingerprint density at radius 2 is 1.89 bits per heavy atom. The molecule has 0 spiro atoms. The molecule has 2 rings (SSSR count). The van der Waals surface area contributed by atoms with E-state index in [0.29, 0.717) is 21.7 Å². The number of aliphatic hydroxyl groups is 1. The van der Waals surface area contributed by atoms with Gasteiger partial charge in [-0.25, -0.2) is 8.78 Å². The van der Waals surface area contributed by atoms with Crippen molar-refractivity contribution in [3.8, 4) is 0 Å². The van der Waals surface area contributed by atoms with Crippen LogP contribution in [0.3, 0.4) is 0 Å². The van der Waals surface area contributed by atoms with Crippen molar-refractivity contribution in [1.29, 1.82) is 0 Å². The number of halogens is 3. The minimum absolute atomic E-state index is 0.138. The van der Waals surface area contributed by atoms with Gasteiger partial charge in [0.05, 0.1) is 6.10 Å². The highest BCUT2D eigenvalue weighted by Gasteiger charge is 2.13. The topological polar surface area (TPSA) is 20.2 Å². The van der Waals surface area contributed by atoms with Crippen LogP contribution in [0.25, 0.3) is 0 Å². The minimum atomic E-state index is -0.922. The van der Waals surface area contributed by atoms with Crippen LogP contribution in [0.4, 0.5) is 8.78 Å². The monoisotopic (exact) mass is 282 g/mol. The fourth-order valence-electron chi connectivity index (χ4n) is 1.84. The fourth-order valence-corrected chi connectivity index (χ4v) is 2.04. The van der Waals surface area contributed by atoms with Crippen LogP contribution in [0.5, 0.6) is 0 Å². The van der Waals surface area contributed by atoms with Crippen LogP contribution in [0, 0.1) is 18.6 Å². The second-order valence-corrected chi connectivity index (χ2v) is 4.87. The van der Waals surface area contributed by atoms with E-state index in [0.717, 1.165) is 0 Å². The zero-order valence-corrected chi connectivity index (χ0v) is 11.1. The van der Waals surface area contributed by atoms with Crippen LogP contribution in [-0.2, 0) is 6.42 Å². The molecule has 1 unspecified atom stereocenters. The van der Waals surface area contributed by atoms with Crippen LogP contribution in [0.1, 0.15) is 22.8 Å². The van der Waals surface area contributed by atoms with E-state index in [9.17, 15) is 13.9 Å². The van der Waals surface area contributed by atoms with Crippen molar-refractivity contribution in [1.82, 2.24) is 0 Å². The predicted octanol–water partition coefficient (Wildman–Crippen LogP) is 4.20. The molecule has 0 aromatic heterocycles. The van der Waals surface area contributed by atoms with E-state index in [1.54, 1.807) is 19.1 Å². The first-order chi connectivity index (χ1) is 8.97. The lowest BCUT2D eigenvalue weighted by Gasteiger charge is -2.13. The summed E-state index contributed by atoms with van der Waals surface area (Å²) in [5, 5.41) is 10.4. The zero-order chi connectivity index (χ0) is 14.0. The molecule has 0 amide bonds. The fraction of sp³-hybridized carbons (Fsp3) is 0.200. The Kier molecular flexibility index (Phi) is 4.17. The first kappa shape index (κ1) is 14.0. The molecule has 1 nitrogen and oxygen atoms in total. The van der Waals surface area contributed by atoms with Crippen LogP contribution in [0.15, 0.2) is 36.4 Å². The molecule has 0 aliphatic heterocycles. The van der Waals surface area contributed by atoms with Crippen molar-refractivity contribution in [3.63, 3.8) is 0 Å². The van der Waals surface area contributed by atoms with E-state index in [-0.39, 0.29) is 12.2 Å². The molecule has 0 saturated carbocycles. The maximum absolute atomic E-state index is 13.4. The van der Waals surface area contributed by atoms with Gasteiger partial charge in [0.1, 0.15) is 11.6 Å². The van der Waals surface area contributed by atoms with Crippen LogP contribution >= 0.6 is 11.6 Å². The molecule has 1 N–H and O–H groups in total. The molecule has 0 aliphatic rings. The maximum atomic E-state index is 13.4. The summed E-state index contributed by atoms with van der Waals surface area (Å²) >= 11 is 5.93. The summed E-state index contributed by atoms with van der Waals surface area (Å²) in [5.41, 5.74) is 1.46. The normalized spacial score (nSPS) is 12.5. The SMILES string of the molecule is Cc1ccc(C(O)Cc2cc(F)ccc2Cl)cc1F. The lowest BCUT2D eigenvalue weighted by molar-refractivity contribution is 0.178. The molecule has 0 bridgehead atoms. The average molecular weight is 283 g/mol. The van der Waals surface area contributed by atoms with Crippen LogP contribution in [-0.4, -0.2) is 5.11 Å². The molecular weight excluding hydrogens is 270 g/mol. The lowest BCUT2D eigenvalue weighted by atomic mass is 10.00. The number of rotatable bonds is 3. The smallest absolute Gasteiger partial charge is 0.126 e. The second kappa shape index (κ2) is 5.68. The van der Waals surface area contributed by atoms with Crippen molar-refractivity contribution in [3.05, 3.63) is 69.7 Å². The Morgan fingerprint density at radius 3 is 2.58 bits per heavy atom. The first-order valence-electron chi connectivity index (χ1n) is 5.85. The van der Waals surface area contributed by atoms with E-state index in [1.165, 1.54) is 24.3 Å². The predicted molar refractivity (Wildman–Crippen MR) is 71.2 cm³/mol. The molecule has 1 atom stereocenters. The lowest BCUT2D eigenvalue weighted by Crippen LogP contribution is -2.03. The second-order valence-electron chi connectivity index (χ2n) is 4.46. The van der Waals surface area contributed by atoms with Gasteiger partial charge in [-0.05, 0) is 47.9 Å². The van der Waals surface area contributed by atoms with Gasteiger partial charge < -0.3 is 5.11 Å². The summed E-state index contributed by atoms with van der Waals surface area (Å²) in [6.07, 6.45) is -0.784. The van der Waals surface area contributed by atoms with E-state index in [2.05, 4.69) is 0 Å². The summed E-state index contributed by atoms with van der Waals surface area (Å²) in [6.45, 7) is 1.65. The van der Waals surface area contributed by atoms with Gasteiger partial charge in [-0.2, -0.15) is 0 Å². The molecule has 0 saturated heterocycles. The van der Waals surface area contributed by atoms with E-state index >= 15 is 0 Å². The molecule has 0 fully saturated rings. The van der Waals surface area contributed by atoms with Gasteiger partial charge in [0, 0.05) is 11.4 Å². The van der Waals surface area contributed by atoms with E-state index < -0.39 is 11.9 Å². The molecule has 0 heterocycles. The number of aliphatic hydroxyl groups excluding tert-OH is 1. The Labute approximate surface area is 115 Å². The molecule has 2 aromatic carbocycles. The van der Waals surface area contributed by atoms with Gasteiger partial charge in [-0.3, -0.25) is 0 Å². The summed E-state index contributed by atoms with van der Waals surface area (Å²) < 4.78 is 26.5. The molecule has 100 valence electrons. The first-order valence-corrected chi connectivity index (χ1v) is 6.23. The minimum Gasteiger partial charge on any atom is -0.388 e. The molecule has 2 aromatic rings. The maximum Gasteiger partial charge on any atom is 0.126 e. The van der Waals surface area contributed by atoms with Crippen molar-refractivity contribution >= 4 is 11.6 Å². The highest BCUT2D eigenvalue weighted by molar-refractivity contribution is 6.31. The third-order valence-electron chi connectivity index (χ3n) is 3.00. The third-order valence-corrected chi connectivity index (χ3v) is 3.37. The Balaban J connectivity index is 2.22. The summed E-state index contributed by atoms with van der Waals surface area (Å²) in [5.74, 6) is -0.788. The number of hydrogen-bond acceptors (Lipinski definition) is 1. The van der Waals surface area contributed by atoms with E-state index in [1.807, 2.05) is 0 Å². The Hall–Kier alpha value is -1.45. The standard InChI is InChI=1S/C15H13ClF2O/c1-9-2-3-10(7-14(9)18)15(19)8-11-6-12(17)4-5-13(11)16/h2-7,15,19H,8H2,1H3. The van der Waals surface area contributed by atoms with Crippen LogP contribution < -0.4 is 0 Å². The van der Waals surface area contributed by atoms with Crippen molar-refractivity contribution in [2.75, 3.05) is 0 Å². The highest BCUT2D eigenvalue weighted by atomic mass is 35.5. The summed E-state index contributed by atoms with van der Waals surface area (Å²) in [4.78, 5) is 0. The molecular formula is C15H13ClF2O. The Morgan fingerprint density at radius 1 is 1.16 bits per heavy atom. The van der Waals surface area contributed by atoms with E-state index in [4.69, 9.17) is 11.6 Å². The van der Waals surface area contributed by atoms with Gasteiger partial charge in [0.2, 0.25) is 0 Å². The number of hydrogen-bond donors (Lipinski definition) is 1. The van der Waals surface area contributed by atoms with Crippen molar-refractivity contribution in [2.24, 2.45) is 0 Å². The molecule has 0 radical (unpaired) electrons. The van der Waals surface area contributed by atoms with Gasteiger partial charge in [-0.15, -0.1) is 0 Å². The highest BCUT2D eigenvalue weighted by Crippen LogP contribution is 2.25. The quantitative estimate of drug-likeness (QED) is 0.894.